The highest BCUT2D eigenvalue weighted by Gasteiger charge is 1.97. The Morgan fingerprint density at radius 2 is 2.50 bits per heavy atom. The third-order valence-corrected chi connectivity index (χ3v) is 1.68. The Hall–Kier alpha value is -0.750. The molecule has 0 saturated carbocycles. The molecule has 1 aromatic rings. The molecule has 0 saturated heterocycles. The predicted octanol–water partition coefficient (Wildman–Crippen LogP) is 1.42. The first-order valence-electron chi connectivity index (χ1n) is 2.17. The van der Waals surface area contributed by atoms with Crippen molar-refractivity contribution in [3.8, 4) is 0 Å². The lowest BCUT2D eigenvalue weighted by Crippen LogP contribution is -1.90. The van der Waals surface area contributed by atoms with Gasteiger partial charge in [0.05, 0.1) is 5.56 Å². The number of carboxylic acid groups (broad SMARTS) is 1. The van der Waals surface area contributed by atoms with E-state index in [-0.39, 0.29) is 0 Å². The van der Waals surface area contributed by atoms with Gasteiger partial charge in [0.25, 0.3) is 0 Å². The maximum Gasteiger partial charge on any atom is 0.336 e. The standard InChI is InChI=1S/C5H5O2P/c6-5(7)4-1-2-8-3-4/h1-3,8H,(H,6,7). The Kier molecular flexibility index (Phi) is 1.36. The quantitative estimate of drug-likeness (QED) is 0.620. The zero-order chi connectivity index (χ0) is 5.98. The van der Waals surface area contributed by atoms with Gasteiger partial charge in [-0.05, 0) is 17.7 Å². The van der Waals surface area contributed by atoms with Gasteiger partial charge in [-0.3, -0.25) is 0 Å². The summed E-state index contributed by atoms with van der Waals surface area (Å²) in [7, 11) is 0.558. The fourth-order valence-electron chi connectivity index (χ4n) is 0.457. The van der Waals surface area contributed by atoms with Gasteiger partial charge in [0.2, 0.25) is 0 Å². The molecule has 2 nitrogen and oxygen atoms in total. The van der Waals surface area contributed by atoms with Gasteiger partial charge in [-0.1, -0.05) is 0 Å². The number of carbonyl (C=O) groups is 1. The van der Waals surface area contributed by atoms with Crippen LogP contribution in [0.1, 0.15) is 10.4 Å². The lowest BCUT2D eigenvalue weighted by Gasteiger charge is -1.79. The first-order chi connectivity index (χ1) is 3.80. The number of rotatable bonds is 1. The Morgan fingerprint density at radius 3 is 2.75 bits per heavy atom. The van der Waals surface area contributed by atoms with Gasteiger partial charge >= 0.3 is 5.97 Å². The van der Waals surface area contributed by atoms with Crippen LogP contribution in [-0.4, -0.2) is 11.1 Å². The molecule has 3 heteroatoms. The molecule has 8 heavy (non-hydrogen) atoms. The maximum atomic E-state index is 10.1. The molecule has 1 atom stereocenters. The molecular weight excluding hydrogens is 123 g/mol. The summed E-state index contributed by atoms with van der Waals surface area (Å²) in [6.07, 6.45) is 0. The van der Waals surface area contributed by atoms with E-state index in [9.17, 15) is 4.79 Å². The highest BCUT2D eigenvalue weighted by Crippen LogP contribution is 2.09. The minimum atomic E-state index is -0.828. The maximum absolute atomic E-state index is 10.1. The average Bonchev–Trinajstić information content (AvgIpc) is 2.12. The van der Waals surface area contributed by atoms with Gasteiger partial charge in [0.1, 0.15) is 0 Å². The smallest absolute Gasteiger partial charge is 0.336 e. The highest BCUT2D eigenvalue weighted by atomic mass is 31.0. The van der Waals surface area contributed by atoms with Gasteiger partial charge in [-0.2, -0.15) is 0 Å². The van der Waals surface area contributed by atoms with Crippen molar-refractivity contribution in [1.29, 1.82) is 0 Å². The van der Waals surface area contributed by atoms with Crippen LogP contribution in [0.15, 0.2) is 17.7 Å². The summed E-state index contributed by atoms with van der Waals surface area (Å²) in [6, 6.07) is 1.63. The fourth-order valence-corrected chi connectivity index (χ4v) is 1.23. The van der Waals surface area contributed by atoms with E-state index in [0.29, 0.717) is 13.8 Å². The van der Waals surface area contributed by atoms with Gasteiger partial charge < -0.3 is 5.11 Å². The Balaban J connectivity index is 2.93. The third-order valence-electron chi connectivity index (χ3n) is 0.845. The zero-order valence-corrected chi connectivity index (χ0v) is 5.09. The van der Waals surface area contributed by atoms with E-state index < -0.39 is 5.97 Å². The molecule has 1 unspecified atom stereocenters. The van der Waals surface area contributed by atoms with Crippen LogP contribution in [0.25, 0.3) is 0 Å². The van der Waals surface area contributed by atoms with Crippen LogP contribution in [0.4, 0.5) is 0 Å². The first-order valence-corrected chi connectivity index (χ1v) is 3.32. The van der Waals surface area contributed by atoms with Crippen LogP contribution >= 0.6 is 8.19 Å². The molecule has 1 rings (SSSR count). The summed E-state index contributed by atoms with van der Waals surface area (Å²) in [4.78, 5) is 10.1. The van der Waals surface area contributed by atoms with Crippen LogP contribution in [-0.2, 0) is 0 Å². The van der Waals surface area contributed by atoms with Crippen LogP contribution < -0.4 is 0 Å². The van der Waals surface area contributed by atoms with Crippen molar-refractivity contribution in [1.82, 2.24) is 0 Å². The van der Waals surface area contributed by atoms with E-state index in [2.05, 4.69) is 0 Å². The second-order valence-electron chi connectivity index (χ2n) is 1.40. The molecule has 0 bridgehead atoms. The van der Waals surface area contributed by atoms with Crippen molar-refractivity contribution in [3.63, 3.8) is 0 Å². The average molecular weight is 128 g/mol. The second kappa shape index (κ2) is 2.01. The van der Waals surface area contributed by atoms with Gasteiger partial charge in [0.15, 0.2) is 0 Å². The number of carboxylic acids is 1. The Morgan fingerprint density at radius 1 is 1.75 bits per heavy atom. The van der Waals surface area contributed by atoms with Crippen molar-refractivity contribution < 1.29 is 9.90 Å². The molecule has 42 valence electrons. The molecule has 0 aromatic carbocycles. The first kappa shape index (κ1) is 5.39. The molecule has 1 aromatic heterocycles. The van der Waals surface area contributed by atoms with Crippen molar-refractivity contribution in [3.05, 3.63) is 23.2 Å². The highest BCUT2D eigenvalue weighted by molar-refractivity contribution is 7.28. The molecule has 0 aliphatic heterocycles. The number of hydrogen-bond donors (Lipinski definition) is 1. The summed E-state index contributed by atoms with van der Waals surface area (Å²) < 4.78 is 0. The van der Waals surface area contributed by atoms with E-state index in [1.165, 1.54) is 0 Å². The summed E-state index contributed by atoms with van der Waals surface area (Å²) in [5.74, 6) is 2.73. The van der Waals surface area contributed by atoms with E-state index in [4.69, 9.17) is 5.11 Å². The molecule has 0 fully saturated rings. The topological polar surface area (TPSA) is 37.3 Å². The Labute approximate surface area is 48.2 Å². The monoisotopic (exact) mass is 128 g/mol. The van der Waals surface area contributed by atoms with Crippen LogP contribution in [0.5, 0.6) is 0 Å². The van der Waals surface area contributed by atoms with E-state index in [0.717, 1.165) is 0 Å². The lowest BCUT2D eigenvalue weighted by atomic mass is 10.4. The van der Waals surface area contributed by atoms with E-state index >= 15 is 0 Å². The SMILES string of the molecule is O=C(O)c1cc[pH]c1. The van der Waals surface area contributed by atoms with Crippen molar-refractivity contribution >= 4 is 14.2 Å². The largest absolute Gasteiger partial charge is 0.478 e. The third kappa shape index (κ3) is 0.903. The van der Waals surface area contributed by atoms with Crippen LogP contribution in [0, 0.1) is 0 Å². The molecule has 0 radical (unpaired) electrons. The lowest BCUT2D eigenvalue weighted by molar-refractivity contribution is 0.0697. The predicted molar refractivity (Wildman–Crippen MR) is 32.9 cm³/mol. The second-order valence-corrected chi connectivity index (χ2v) is 2.36. The molecule has 1 N–H and O–H groups in total. The molecule has 0 amide bonds. The molecule has 0 spiro atoms. The van der Waals surface area contributed by atoms with E-state index in [1.807, 2.05) is 5.80 Å². The van der Waals surface area contributed by atoms with Gasteiger partial charge in [-0.25, -0.2) is 4.79 Å². The summed E-state index contributed by atoms with van der Waals surface area (Å²) in [6.45, 7) is 0. The zero-order valence-electron chi connectivity index (χ0n) is 4.09. The molecule has 0 aliphatic carbocycles. The number of hydrogen-bond acceptors (Lipinski definition) is 1. The number of aromatic carboxylic acids is 1. The molecule has 0 aliphatic rings. The van der Waals surface area contributed by atoms with Crippen molar-refractivity contribution in [2.75, 3.05) is 0 Å². The Bertz CT molecular complexity index is 178. The van der Waals surface area contributed by atoms with Gasteiger partial charge in [-0.15, -0.1) is 8.19 Å². The van der Waals surface area contributed by atoms with Crippen LogP contribution in [0.2, 0.25) is 0 Å². The van der Waals surface area contributed by atoms with Gasteiger partial charge in [0, 0.05) is 0 Å². The molecule has 1 heterocycles. The normalized spacial score (nSPS) is 10.0. The fraction of sp³-hybridized carbons (Fsp3) is 0. The van der Waals surface area contributed by atoms with E-state index in [1.54, 1.807) is 11.9 Å². The summed E-state index contributed by atoms with van der Waals surface area (Å²) in [5, 5.41) is 8.30. The van der Waals surface area contributed by atoms with Crippen LogP contribution in [0.3, 0.4) is 0 Å². The van der Waals surface area contributed by atoms with Crippen molar-refractivity contribution in [2.24, 2.45) is 0 Å². The summed E-state index contributed by atoms with van der Waals surface area (Å²) >= 11 is 0. The summed E-state index contributed by atoms with van der Waals surface area (Å²) in [5.41, 5.74) is 0.420. The minimum Gasteiger partial charge on any atom is -0.478 e. The molecular formula is C5H5O2P. The van der Waals surface area contributed by atoms with Crippen molar-refractivity contribution in [2.45, 2.75) is 0 Å². The minimum absolute atomic E-state index is 0.420.